The fraction of sp³-hybridized carbons (Fsp3) is 0.167. The van der Waals surface area contributed by atoms with Crippen LogP contribution in [0.5, 0.6) is 0 Å². The lowest BCUT2D eigenvalue weighted by Crippen LogP contribution is -2.48. The standard InChI is InChI=1S/C18H14FN3O2/c19-15-9-5-4-8-14(15)18(23)22-10-13(11-22)17-20-16(21-24-17)12-6-2-1-3-7-12/h1-9,13H,10-11H2. The third kappa shape index (κ3) is 2.56. The number of carbonyl (C=O) groups excluding carboxylic acids is 1. The molecule has 1 aliphatic rings. The molecule has 0 N–H and O–H groups in total. The van der Waals surface area contributed by atoms with Crippen LogP contribution < -0.4 is 0 Å². The van der Waals surface area contributed by atoms with Crippen LogP contribution >= 0.6 is 0 Å². The first-order valence-electron chi connectivity index (χ1n) is 7.65. The lowest BCUT2D eigenvalue weighted by molar-refractivity contribution is 0.0564. The first-order valence-corrected chi connectivity index (χ1v) is 7.65. The van der Waals surface area contributed by atoms with E-state index in [-0.39, 0.29) is 17.4 Å². The second-order valence-electron chi connectivity index (χ2n) is 5.71. The SMILES string of the molecule is O=C(c1ccccc1F)N1CC(c2nc(-c3ccccc3)no2)C1. The maximum atomic E-state index is 13.7. The number of carbonyl (C=O) groups is 1. The number of aromatic nitrogens is 2. The van der Waals surface area contributed by atoms with Gasteiger partial charge in [-0.05, 0) is 12.1 Å². The van der Waals surface area contributed by atoms with Crippen LogP contribution in [0, 0.1) is 5.82 Å². The number of hydrogen-bond acceptors (Lipinski definition) is 4. The van der Waals surface area contributed by atoms with E-state index in [4.69, 9.17) is 4.52 Å². The molecule has 1 saturated heterocycles. The molecule has 1 fully saturated rings. The molecule has 6 heteroatoms. The minimum Gasteiger partial charge on any atom is -0.339 e. The van der Waals surface area contributed by atoms with Gasteiger partial charge in [0.15, 0.2) is 0 Å². The Morgan fingerprint density at radius 1 is 1.08 bits per heavy atom. The van der Waals surface area contributed by atoms with Crippen molar-refractivity contribution in [2.24, 2.45) is 0 Å². The van der Waals surface area contributed by atoms with Crippen molar-refractivity contribution >= 4 is 5.91 Å². The van der Waals surface area contributed by atoms with Crippen molar-refractivity contribution < 1.29 is 13.7 Å². The molecule has 2 heterocycles. The molecule has 0 spiro atoms. The highest BCUT2D eigenvalue weighted by atomic mass is 19.1. The van der Waals surface area contributed by atoms with Crippen molar-refractivity contribution in [3.63, 3.8) is 0 Å². The summed E-state index contributed by atoms with van der Waals surface area (Å²) < 4.78 is 19.0. The summed E-state index contributed by atoms with van der Waals surface area (Å²) in [6.45, 7) is 0.896. The minimum atomic E-state index is -0.505. The van der Waals surface area contributed by atoms with Crippen LogP contribution in [0.1, 0.15) is 22.2 Å². The fourth-order valence-electron chi connectivity index (χ4n) is 2.71. The van der Waals surface area contributed by atoms with Crippen LogP contribution in [0.4, 0.5) is 4.39 Å². The topological polar surface area (TPSA) is 59.2 Å². The third-order valence-corrected chi connectivity index (χ3v) is 4.10. The van der Waals surface area contributed by atoms with E-state index in [1.165, 1.54) is 12.1 Å². The molecule has 1 aliphatic heterocycles. The van der Waals surface area contributed by atoms with Crippen molar-refractivity contribution in [3.05, 3.63) is 71.9 Å². The number of nitrogens with zero attached hydrogens (tertiary/aromatic N) is 3. The van der Waals surface area contributed by atoms with Crippen molar-refractivity contribution in [1.29, 1.82) is 0 Å². The van der Waals surface area contributed by atoms with Crippen LogP contribution in [0.15, 0.2) is 59.1 Å². The number of halogens is 1. The Labute approximate surface area is 137 Å². The van der Waals surface area contributed by atoms with Gasteiger partial charge in [-0.1, -0.05) is 47.6 Å². The Morgan fingerprint density at radius 3 is 2.54 bits per heavy atom. The monoisotopic (exact) mass is 323 g/mol. The zero-order valence-corrected chi connectivity index (χ0v) is 12.7. The Morgan fingerprint density at radius 2 is 1.79 bits per heavy atom. The van der Waals surface area contributed by atoms with E-state index in [2.05, 4.69) is 10.1 Å². The summed E-state index contributed by atoms with van der Waals surface area (Å²) in [5, 5.41) is 3.98. The van der Waals surface area contributed by atoms with Crippen molar-refractivity contribution in [3.8, 4) is 11.4 Å². The van der Waals surface area contributed by atoms with Crippen LogP contribution in [0.3, 0.4) is 0 Å². The molecule has 4 rings (SSSR count). The maximum Gasteiger partial charge on any atom is 0.256 e. The van der Waals surface area contributed by atoms with Crippen LogP contribution in [0.2, 0.25) is 0 Å². The van der Waals surface area contributed by atoms with E-state index in [1.807, 2.05) is 30.3 Å². The smallest absolute Gasteiger partial charge is 0.256 e. The summed E-state index contributed by atoms with van der Waals surface area (Å²) in [5.41, 5.74) is 0.970. The van der Waals surface area contributed by atoms with E-state index in [1.54, 1.807) is 17.0 Å². The largest absolute Gasteiger partial charge is 0.339 e. The van der Waals surface area contributed by atoms with E-state index < -0.39 is 5.82 Å². The first-order chi connectivity index (χ1) is 11.7. The van der Waals surface area contributed by atoms with Gasteiger partial charge in [0, 0.05) is 18.7 Å². The lowest BCUT2D eigenvalue weighted by Gasteiger charge is -2.37. The van der Waals surface area contributed by atoms with Crippen molar-refractivity contribution in [2.45, 2.75) is 5.92 Å². The number of likely N-dealkylation sites (tertiary alicyclic amines) is 1. The summed E-state index contributed by atoms with van der Waals surface area (Å²) in [6.07, 6.45) is 0. The molecular formula is C18H14FN3O2. The highest BCUT2D eigenvalue weighted by Gasteiger charge is 2.36. The minimum absolute atomic E-state index is 0.00862. The van der Waals surface area contributed by atoms with Gasteiger partial charge in [-0.15, -0.1) is 0 Å². The molecule has 3 aromatic rings. The molecule has 1 amide bonds. The number of hydrogen-bond donors (Lipinski definition) is 0. The van der Waals surface area contributed by atoms with Crippen LogP contribution in [0.25, 0.3) is 11.4 Å². The highest BCUT2D eigenvalue weighted by molar-refractivity contribution is 5.95. The average Bonchev–Trinajstić information content (AvgIpc) is 3.04. The van der Waals surface area contributed by atoms with Gasteiger partial charge in [0.1, 0.15) is 5.82 Å². The second-order valence-corrected chi connectivity index (χ2v) is 5.71. The van der Waals surface area contributed by atoms with Gasteiger partial charge in [0.2, 0.25) is 11.7 Å². The summed E-state index contributed by atoms with van der Waals surface area (Å²) >= 11 is 0. The van der Waals surface area contributed by atoms with Crippen LogP contribution in [-0.2, 0) is 0 Å². The van der Waals surface area contributed by atoms with Crippen molar-refractivity contribution in [2.75, 3.05) is 13.1 Å². The molecular weight excluding hydrogens is 309 g/mol. The normalized spacial score (nSPS) is 14.5. The number of rotatable bonds is 3. The predicted octanol–water partition coefficient (Wildman–Crippen LogP) is 3.12. The number of benzene rings is 2. The summed E-state index contributed by atoms with van der Waals surface area (Å²) in [5.74, 6) is 0.212. The van der Waals surface area contributed by atoms with E-state index in [0.29, 0.717) is 24.8 Å². The van der Waals surface area contributed by atoms with Gasteiger partial charge in [0.25, 0.3) is 5.91 Å². The quantitative estimate of drug-likeness (QED) is 0.743. The van der Waals surface area contributed by atoms with Crippen LogP contribution in [-0.4, -0.2) is 34.0 Å². The fourth-order valence-corrected chi connectivity index (χ4v) is 2.71. The van der Waals surface area contributed by atoms with Gasteiger partial charge in [0.05, 0.1) is 11.5 Å². The molecule has 0 atom stereocenters. The molecule has 0 saturated carbocycles. The Balaban J connectivity index is 1.44. The Hall–Kier alpha value is -3.02. The predicted molar refractivity (Wildman–Crippen MR) is 84.8 cm³/mol. The third-order valence-electron chi connectivity index (χ3n) is 4.10. The zero-order valence-electron chi connectivity index (χ0n) is 12.7. The van der Waals surface area contributed by atoms with Gasteiger partial charge < -0.3 is 9.42 Å². The van der Waals surface area contributed by atoms with Gasteiger partial charge >= 0.3 is 0 Å². The van der Waals surface area contributed by atoms with Gasteiger partial charge in [-0.25, -0.2) is 4.39 Å². The molecule has 24 heavy (non-hydrogen) atoms. The van der Waals surface area contributed by atoms with E-state index >= 15 is 0 Å². The second kappa shape index (κ2) is 5.88. The van der Waals surface area contributed by atoms with E-state index in [0.717, 1.165) is 5.56 Å². The van der Waals surface area contributed by atoms with E-state index in [9.17, 15) is 9.18 Å². The van der Waals surface area contributed by atoms with Gasteiger partial charge in [-0.2, -0.15) is 4.98 Å². The lowest BCUT2D eigenvalue weighted by atomic mass is 9.98. The Kier molecular flexibility index (Phi) is 3.57. The first kappa shape index (κ1) is 14.6. The molecule has 5 nitrogen and oxygen atoms in total. The molecule has 0 unspecified atom stereocenters. The molecule has 0 bridgehead atoms. The summed E-state index contributed by atoms with van der Waals surface area (Å²) in [6, 6.07) is 15.5. The molecule has 0 radical (unpaired) electrons. The number of amides is 1. The molecule has 120 valence electrons. The van der Waals surface area contributed by atoms with Gasteiger partial charge in [-0.3, -0.25) is 4.79 Å². The molecule has 2 aromatic carbocycles. The Bertz CT molecular complexity index is 873. The zero-order chi connectivity index (χ0) is 16.5. The highest BCUT2D eigenvalue weighted by Crippen LogP contribution is 2.29. The van der Waals surface area contributed by atoms with Crippen molar-refractivity contribution in [1.82, 2.24) is 15.0 Å². The summed E-state index contributed by atoms with van der Waals surface area (Å²) in [7, 11) is 0. The maximum absolute atomic E-state index is 13.7. The molecule has 0 aliphatic carbocycles. The molecule has 1 aromatic heterocycles. The summed E-state index contributed by atoms with van der Waals surface area (Å²) in [4.78, 5) is 18.2. The average molecular weight is 323 g/mol.